The van der Waals surface area contributed by atoms with Crippen molar-refractivity contribution in [3.63, 3.8) is 0 Å². The molecule has 1 heterocycles. The zero-order chi connectivity index (χ0) is 11.7. The van der Waals surface area contributed by atoms with Crippen LogP contribution < -0.4 is 15.4 Å². The van der Waals surface area contributed by atoms with Gasteiger partial charge in [0.15, 0.2) is 6.10 Å². The smallest absolute Gasteiger partial charge is 0.268 e. The van der Waals surface area contributed by atoms with E-state index < -0.39 is 6.10 Å². The summed E-state index contributed by atoms with van der Waals surface area (Å²) in [5, 5.41) is 0. The van der Waals surface area contributed by atoms with Crippen molar-refractivity contribution in [1.82, 2.24) is 0 Å². The van der Waals surface area contributed by atoms with E-state index in [1.54, 1.807) is 6.92 Å². The number of alkyl halides is 1. The van der Waals surface area contributed by atoms with Crippen molar-refractivity contribution in [2.24, 2.45) is 5.73 Å². The molecule has 1 aliphatic heterocycles. The zero-order valence-corrected chi connectivity index (χ0v) is 9.70. The second kappa shape index (κ2) is 4.31. The Kier molecular flexibility index (Phi) is 3.03. The number of hydrogen-bond donors (Lipinski definition) is 1. The van der Waals surface area contributed by atoms with Crippen LogP contribution in [0.5, 0.6) is 5.75 Å². The van der Waals surface area contributed by atoms with Crippen molar-refractivity contribution in [2.45, 2.75) is 19.6 Å². The first-order valence-corrected chi connectivity index (χ1v) is 5.58. The van der Waals surface area contributed by atoms with E-state index in [-0.39, 0.29) is 11.9 Å². The molecule has 16 heavy (non-hydrogen) atoms. The average Bonchev–Trinajstić information content (AvgIpc) is 2.30. The lowest BCUT2D eigenvalue weighted by Crippen LogP contribution is -2.43. The van der Waals surface area contributed by atoms with Gasteiger partial charge in [-0.3, -0.25) is 9.69 Å². The second-order valence-corrected chi connectivity index (χ2v) is 3.89. The summed E-state index contributed by atoms with van der Waals surface area (Å²) < 4.78 is 5.48. The fourth-order valence-electron chi connectivity index (χ4n) is 1.70. The molecule has 1 aromatic carbocycles. The number of hydrogen-bond acceptors (Lipinski definition) is 3. The van der Waals surface area contributed by atoms with Gasteiger partial charge in [-0.25, -0.2) is 0 Å². The van der Waals surface area contributed by atoms with Gasteiger partial charge in [0.05, 0.1) is 5.69 Å². The normalized spacial score (nSPS) is 19.3. The van der Waals surface area contributed by atoms with Crippen LogP contribution in [-0.4, -0.2) is 18.0 Å². The summed E-state index contributed by atoms with van der Waals surface area (Å²) in [7, 11) is 0. The van der Waals surface area contributed by atoms with Crippen LogP contribution in [0.1, 0.15) is 12.5 Å². The quantitative estimate of drug-likeness (QED) is 0.629. The maximum atomic E-state index is 11.8. The van der Waals surface area contributed by atoms with Gasteiger partial charge in [-0.1, -0.05) is 6.07 Å². The first kappa shape index (κ1) is 11.2. The highest BCUT2D eigenvalue weighted by Crippen LogP contribution is 2.34. The zero-order valence-electron chi connectivity index (χ0n) is 8.94. The molecule has 2 N–H and O–H groups in total. The molecular formula is C11H13ClN2O2. The summed E-state index contributed by atoms with van der Waals surface area (Å²) in [6.07, 6.45) is -0.491. The minimum absolute atomic E-state index is 0.119. The van der Waals surface area contributed by atoms with Crippen LogP contribution in [0.3, 0.4) is 0 Å². The number of amides is 1. The van der Waals surface area contributed by atoms with Gasteiger partial charge in [-0.2, -0.15) is 0 Å². The largest absolute Gasteiger partial charge is 0.479 e. The number of ether oxygens (including phenoxy) is 1. The molecule has 0 spiro atoms. The van der Waals surface area contributed by atoms with E-state index in [9.17, 15) is 4.79 Å². The number of carbonyl (C=O) groups is 1. The Bertz CT molecular complexity index is 422. The first-order chi connectivity index (χ1) is 7.67. The lowest BCUT2D eigenvalue weighted by Gasteiger charge is -2.31. The number of benzene rings is 1. The van der Waals surface area contributed by atoms with Crippen LogP contribution in [0.25, 0.3) is 0 Å². The Morgan fingerprint density at radius 2 is 2.31 bits per heavy atom. The fraction of sp³-hybridized carbons (Fsp3) is 0.364. The lowest BCUT2D eigenvalue weighted by atomic mass is 10.1. The standard InChI is InChI=1S/C11H13ClN2O2/c1-7-11(15)14(6-12)9-4-8(5-13)2-3-10(9)16-7/h2-4,7H,5-6,13H2,1H3. The molecule has 2 rings (SSSR count). The number of fused-ring (bicyclic) bond motifs is 1. The summed E-state index contributed by atoms with van der Waals surface area (Å²) in [5.41, 5.74) is 7.19. The van der Waals surface area contributed by atoms with E-state index >= 15 is 0 Å². The van der Waals surface area contributed by atoms with E-state index in [1.165, 1.54) is 4.90 Å². The maximum Gasteiger partial charge on any atom is 0.268 e. The van der Waals surface area contributed by atoms with Gasteiger partial charge in [0.1, 0.15) is 11.8 Å². The number of halogens is 1. The van der Waals surface area contributed by atoms with E-state index in [4.69, 9.17) is 22.1 Å². The Hall–Kier alpha value is -1.26. The number of carbonyl (C=O) groups excluding carboxylic acids is 1. The first-order valence-electron chi connectivity index (χ1n) is 5.04. The highest BCUT2D eigenvalue weighted by molar-refractivity contribution is 6.22. The average molecular weight is 241 g/mol. The second-order valence-electron chi connectivity index (χ2n) is 3.65. The van der Waals surface area contributed by atoms with Gasteiger partial charge in [0.2, 0.25) is 0 Å². The third-order valence-electron chi connectivity index (χ3n) is 2.59. The topological polar surface area (TPSA) is 55.6 Å². The Morgan fingerprint density at radius 1 is 1.56 bits per heavy atom. The molecule has 1 atom stereocenters. The predicted octanol–water partition coefficient (Wildman–Crippen LogP) is 1.46. The Labute approximate surface area is 98.9 Å². The van der Waals surface area contributed by atoms with Crippen LogP contribution in [0.4, 0.5) is 5.69 Å². The Balaban J connectivity index is 2.48. The van der Waals surface area contributed by atoms with Crippen molar-refractivity contribution in [1.29, 1.82) is 0 Å². The van der Waals surface area contributed by atoms with Crippen LogP contribution in [0.2, 0.25) is 0 Å². The molecule has 0 saturated heterocycles. The maximum absolute atomic E-state index is 11.8. The highest BCUT2D eigenvalue weighted by Gasteiger charge is 2.30. The molecule has 86 valence electrons. The van der Waals surface area contributed by atoms with E-state index in [0.717, 1.165) is 5.56 Å². The van der Waals surface area contributed by atoms with Crippen molar-refractivity contribution < 1.29 is 9.53 Å². The summed E-state index contributed by atoms with van der Waals surface area (Å²) in [4.78, 5) is 13.3. The molecule has 1 unspecified atom stereocenters. The molecule has 1 aromatic rings. The third-order valence-corrected chi connectivity index (χ3v) is 2.83. The van der Waals surface area contributed by atoms with Gasteiger partial charge >= 0.3 is 0 Å². The number of rotatable bonds is 2. The van der Waals surface area contributed by atoms with E-state index in [0.29, 0.717) is 18.0 Å². The minimum Gasteiger partial charge on any atom is -0.479 e. The lowest BCUT2D eigenvalue weighted by molar-refractivity contribution is -0.125. The van der Waals surface area contributed by atoms with E-state index in [2.05, 4.69) is 0 Å². The van der Waals surface area contributed by atoms with Gasteiger partial charge < -0.3 is 10.5 Å². The SMILES string of the molecule is CC1Oc2ccc(CN)cc2N(CCl)C1=O. The van der Waals surface area contributed by atoms with Crippen molar-refractivity contribution in [3.05, 3.63) is 23.8 Å². The van der Waals surface area contributed by atoms with Crippen LogP contribution in [0.15, 0.2) is 18.2 Å². The van der Waals surface area contributed by atoms with Gasteiger partial charge in [0, 0.05) is 6.54 Å². The predicted molar refractivity (Wildman–Crippen MR) is 62.6 cm³/mol. The minimum atomic E-state index is -0.491. The monoisotopic (exact) mass is 240 g/mol. The van der Waals surface area contributed by atoms with Crippen molar-refractivity contribution >= 4 is 23.2 Å². The summed E-state index contributed by atoms with van der Waals surface area (Å²) in [6.45, 7) is 2.13. The van der Waals surface area contributed by atoms with E-state index in [1.807, 2.05) is 18.2 Å². The fourth-order valence-corrected chi connectivity index (χ4v) is 1.95. The number of anilines is 1. The number of nitrogens with zero attached hydrogens (tertiary/aromatic N) is 1. The molecule has 0 aliphatic carbocycles. The van der Waals surface area contributed by atoms with Gasteiger partial charge in [-0.05, 0) is 24.6 Å². The third kappa shape index (κ3) is 1.74. The summed E-state index contributed by atoms with van der Waals surface area (Å²) >= 11 is 5.78. The van der Waals surface area contributed by atoms with Crippen LogP contribution in [-0.2, 0) is 11.3 Å². The molecule has 4 nitrogen and oxygen atoms in total. The molecule has 1 amide bonds. The molecule has 5 heteroatoms. The van der Waals surface area contributed by atoms with Crippen molar-refractivity contribution in [3.8, 4) is 5.75 Å². The molecular weight excluding hydrogens is 228 g/mol. The number of nitrogens with two attached hydrogens (primary N) is 1. The highest BCUT2D eigenvalue weighted by atomic mass is 35.5. The molecule has 1 aliphatic rings. The molecule has 0 radical (unpaired) electrons. The Morgan fingerprint density at radius 3 is 2.94 bits per heavy atom. The van der Waals surface area contributed by atoms with Gasteiger partial charge in [-0.15, -0.1) is 11.6 Å². The summed E-state index contributed by atoms with van der Waals surface area (Å²) in [6, 6.07) is 5.66. The van der Waals surface area contributed by atoms with Gasteiger partial charge in [0.25, 0.3) is 5.91 Å². The molecule has 0 saturated carbocycles. The van der Waals surface area contributed by atoms with Crippen LogP contribution >= 0.6 is 11.6 Å². The van der Waals surface area contributed by atoms with Crippen molar-refractivity contribution in [2.75, 3.05) is 10.9 Å². The molecule has 0 aromatic heterocycles. The van der Waals surface area contributed by atoms with Crippen LogP contribution in [0, 0.1) is 0 Å². The molecule has 0 fully saturated rings. The summed E-state index contributed by atoms with van der Waals surface area (Å²) in [5.74, 6) is 0.543. The molecule has 0 bridgehead atoms.